The molecule has 0 spiro atoms. The van der Waals surface area contributed by atoms with E-state index in [0.29, 0.717) is 28.7 Å². The first-order valence-electron chi connectivity index (χ1n) is 5.99. The minimum Gasteiger partial charge on any atom is -0.389 e. The molecule has 0 radical (unpaired) electrons. The van der Waals surface area contributed by atoms with E-state index in [2.05, 4.69) is 10.3 Å². The third-order valence-electron chi connectivity index (χ3n) is 2.84. The number of hydrogen-bond donors (Lipinski definition) is 2. The Labute approximate surface area is 125 Å². The second-order valence-electron chi connectivity index (χ2n) is 4.51. The molecular formula is C14H12F3N3S. The van der Waals surface area contributed by atoms with Gasteiger partial charge in [-0.2, -0.15) is 0 Å². The van der Waals surface area contributed by atoms with Gasteiger partial charge in [0.15, 0.2) is 11.6 Å². The predicted octanol–water partition coefficient (Wildman–Crippen LogP) is 3.49. The average Bonchev–Trinajstić information content (AvgIpc) is 2.33. The molecule has 0 fully saturated rings. The Kier molecular flexibility index (Phi) is 4.13. The Bertz CT molecular complexity index is 732. The quantitative estimate of drug-likeness (QED) is 0.673. The molecule has 0 amide bonds. The molecule has 7 heteroatoms. The van der Waals surface area contributed by atoms with Gasteiger partial charge in [0.25, 0.3) is 0 Å². The summed E-state index contributed by atoms with van der Waals surface area (Å²) in [6.45, 7) is 3.42. The lowest BCUT2D eigenvalue weighted by atomic mass is 10.1. The average molecular weight is 311 g/mol. The highest BCUT2D eigenvalue weighted by Crippen LogP contribution is 2.27. The Morgan fingerprint density at radius 3 is 2.43 bits per heavy atom. The van der Waals surface area contributed by atoms with Gasteiger partial charge in [0.05, 0.1) is 16.9 Å². The molecule has 21 heavy (non-hydrogen) atoms. The monoisotopic (exact) mass is 311 g/mol. The first kappa shape index (κ1) is 15.2. The van der Waals surface area contributed by atoms with E-state index in [9.17, 15) is 13.2 Å². The van der Waals surface area contributed by atoms with Gasteiger partial charge in [0.1, 0.15) is 10.8 Å². The molecule has 0 aliphatic carbocycles. The van der Waals surface area contributed by atoms with Gasteiger partial charge in [-0.3, -0.25) is 4.98 Å². The van der Waals surface area contributed by atoms with E-state index in [0.717, 1.165) is 6.07 Å². The lowest BCUT2D eigenvalue weighted by Crippen LogP contribution is -2.15. The second-order valence-corrected chi connectivity index (χ2v) is 4.95. The molecule has 3 nitrogen and oxygen atoms in total. The van der Waals surface area contributed by atoms with Crippen molar-refractivity contribution < 1.29 is 13.2 Å². The van der Waals surface area contributed by atoms with Crippen molar-refractivity contribution in [3.05, 3.63) is 52.6 Å². The number of aromatic nitrogens is 1. The van der Waals surface area contributed by atoms with E-state index in [-0.39, 0.29) is 10.7 Å². The largest absolute Gasteiger partial charge is 0.389 e. The molecule has 110 valence electrons. The first-order valence-corrected chi connectivity index (χ1v) is 6.40. The van der Waals surface area contributed by atoms with Gasteiger partial charge in [-0.05, 0) is 19.9 Å². The van der Waals surface area contributed by atoms with Crippen molar-refractivity contribution in [3.63, 3.8) is 0 Å². The summed E-state index contributed by atoms with van der Waals surface area (Å²) in [6.07, 6.45) is 0. The van der Waals surface area contributed by atoms with E-state index in [1.165, 1.54) is 0 Å². The zero-order valence-corrected chi connectivity index (χ0v) is 12.1. The van der Waals surface area contributed by atoms with E-state index >= 15 is 0 Å². The minimum absolute atomic E-state index is 0.0554. The van der Waals surface area contributed by atoms with Gasteiger partial charge >= 0.3 is 0 Å². The van der Waals surface area contributed by atoms with Gasteiger partial charge < -0.3 is 11.1 Å². The zero-order valence-electron chi connectivity index (χ0n) is 11.3. The van der Waals surface area contributed by atoms with Crippen molar-refractivity contribution in [2.45, 2.75) is 13.8 Å². The topological polar surface area (TPSA) is 50.9 Å². The van der Waals surface area contributed by atoms with Crippen LogP contribution in [0.1, 0.15) is 17.0 Å². The maximum Gasteiger partial charge on any atom is 0.182 e. The highest BCUT2D eigenvalue weighted by atomic mass is 32.1. The lowest BCUT2D eigenvalue weighted by molar-refractivity contribution is 0.498. The van der Waals surface area contributed by atoms with Crippen LogP contribution in [0.3, 0.4) is 0 Å². The fraction of sp³-hybridized carbons (Fsp3) is 0.143. The van der Waals surface area contributed by atoms with E-state index in [1.807, 2.05) is 0 Å². The van der Waals surface area contributed by atoms with Crippen molar-refractivity contribution >= 4 is 28.6 Å². The molecule has 1 aromatic heterocycles. The Morgan fingerprint density at radius 1 is 1.14 bits per heavy atom. The van der Waals surface area contributed by atoms with Crippen LogP contribution in [-0.4, -0.2) is 9.97 Å². The van der Waals surface area contributed by atoms with Crippen LogP contribution >= 0.6 is 12.2 Å². The Hall–Kier alpha value is -2.15. The number of aryl methyl sites for hydroxylation is 2. The number of rotatable bonds is 3. The summed E-state index contributed by atoms with van der Waals surface area (Å²) in [5.74, 6) is -3.36. The number of nitrogens with two attached hydrogens (primary N) is 1. The highest BCUT2D eigenvalue weighted by molar-refractivity contribution is 7.80. The van der Waals surface area contributed by atoms with Gasteiger partial charge in [0, 0.05) is 23.5 Å². The molecule has 0 atom stereocenters. The lowest BCUT2D eigenvalue weighted by Gasteiger charge is -2.15. The molecule has 2 rings (SSSR count). The number of nitrogens with zero attached hydrogens (tertiary/aromatic N) is 1. The summed E-state index contributed by atoms with van der Waals surface area (Å²) in [6, 6.07) is 2.90. The van der Waals surface area contributed by atoms with E-state index in [4.69, 9.17) is 18.0 Å². The number of halogens is 3. The molecule has 0 saturated heterocycles. The molecule has 0 saturated carbocycles. The molecule has 0 aliphatic rings. The number of anilines is 2. The maximum atomic E-state index is 13.7. The third-order valence-corrected chi connectivity index (χ3v) is 3.04. The molecular weight excluding hydrogens is 299 g/mol. The Morgan fingerprint density at radius 2 is 1.81 bits per heavy atom. The number of thiocarbonyl (C=S) groups is 1. The van der Waals surface area contributed by atoms with Crippen LogP contribution in [0.4, 0.5) is 24.5 Å². The molecule has 0 aliphatic heterocycles. The summed E-state index contributed by atoms with van der Waals surface area (Å²) in [7, 11) is 0. The van der Waals surface area contributed by atoms with Crippen molar-refractivity contribution in [2.75, 3.05) is 5.32 Å². The molecule has 0 unspecified atom stereocenters. The van der Waals surface area contributed by atoms with Crippen LogP contribution in [0, 0.1) is 31.3 Å². The van der Waals surface area contributed by atoms with Crippen molar-refractivity contribution in [1.29, 1.82) is 0 Å². The van der Waals surface area contributed by atoms with Crippen LogP contribution < -0.4 is 11.1 Å². The predicted molar refractivity (Wildman–Crippen MR) is 79.2 cm³/mol. The van der Waals surface area contributed by atoms with E-state index in [1.54, 1.807) is 19.9 Å². The highest BCUT2D eigenvalue weighted by Gasteiger charge is 2.15. The van der Waals surface area contributed by atoms with Gasteiger partial charge in [-0.15, -0.1) is 0 Å². The maximum absolute atomic E-state index is 13.7. The first-order chi connectivity index (χ1) is 9.79. The van der Waals surface area contributed by atoms with Gasteiger partial charge in [-0.1, -0.05) is 12.2 Å². The Balaban J connectivity index is 2.57. The zero-order chi connectivity index (χ0) is 15.7. The molecule has 1 aromatic carbocycles. The second kappa shape index (κ2) is 5.69. The normalized spacial score (nSPS) is 10.5. The summed E-state index contributed by atoms with van der Waals surface area (Å²) in [5.41, 5.74) is 7.21. The number of hydrogen-bond acceptors (Lipinski definition) is 3. The standard InChI is InChI=1S/C14H12F3N3S/c1-6-3-10(12(14(18)21)7(2)19-6)20-11-5-8(15)4-9(16)13(11)17/h3-5H,1-2H3,(H2,18,21)(H,19,20). The number of benzene rings is 1. The number of nitrogens with one attached hydrogen (secondary N) is 1. The minimum atomic E-state index is -1.28. The molecule has 0 bridgehead atoms. The molecule has 2 aromatic rings. The SMILES string of the molecule is Cc1cc(Nc2cc(F)cc(F)c2F)c(C(N)=S)c(C)n1. The molecule has 3 N–H and O–H groups in total. The van der Waals surface area contributed by atoms with Crippen LogP contribution in [0.15, 0.2) is 18.2 Å². The summed E-state index contributed by atoms with van der Waals surface area (Å²) in [5, 5.41) is 2.62. The fourth-order valence-corrected chi connectivity index (χ4v) is 2.29. The van der Waals surface area contributed by atoms with Crippen molar-refractivity contribution in [1.82, 2.24) is 4.98 Å². The van der Waals surface area contributed by atoms with Crippen molar-refractivity contribution in [3.8, 4) is 0 Å². The van der Waals surface area contributed by atoms with Crippen LogP contribution in [0.25, 0.3) is 0 Å². The fourth-order valence-electron chi connectivity index (χ4n) is 2.03. The van der Waals surface area contributed by atoms with Crippen LogP contribution in [0.5, 0.6) is 0 Å². The van der Waals surface area contributed by atoms with E-state index < -0.39 is 17.5 Å². The van der Waals surface area contributed by atoms with Crippen molar-refractivity contribution in [2.24, 2.45) is 5.73 Å². The number of pyridine rings is 1. The third kappa shape index (κ3) is 3.13. The van der Waals surface area contributed by atoms with Gasteiger partial charge in [0.2, 0.25) is 0 Å². The summed E-state index contributed by atoms with van der Waals surface area (Å²) in [4.78, 5) is 4.26. The van der Waals surface area contributed by atoms with Crippen LogP contribution in [-0.2, 0) is 0 Å². The summed E-state index contributed by atoms with van der Waals surface area (Å²) >= 11 is 4.94. The summed E-state index contributed by atoms with van der Waals surface area (Å²) < 4.78 is 40.2. The van der Waals surface area contributed by atoms with Gasteiger partial charge in [-0.25, -0.2) is 13.2 Å². The molecule has 1 heterocycles. The van der Waals surface area contributed by atoms with Crippen LogP contribution in [0.2, 0.25) is 0 Å². The smallest absolute Gasteiger partial charge is 0.182 e.